The van der Waals surface area contributed by atoms with Crippen LogP contribution >= 0.6 is 0 Å². The van der Waals surface area contributed by atoms with Gasteiger partial charge in [0.2, 0.25) is 0 Å². The molecule has 1 heterocycles. The smallest absolute Gasteiger partial charge is 0.307 e. The van der Waals surface area contributed by atoms with Crippen molar-refractivity contribution in [1.82, 2.24) is 5.43 Å². The van der Waals surface area contributed by atoms with E-state index < -0.39 is 5.91 Å². The van der Waals surface area contributed by atoms with Crippen LogP contribution in [0.25, 0.3) is 10.8 Å². The SMILES string of the molecule is O=C(NN=Cc1ccc2ccccc2c1)c1ccc(COc2ccc3c(c2)CCC3)o1. The quantitative estimate of drug-likeness (QED) is 0.348. The number of hydrazone groups is 1. The van der Waals surface area contributed by atoms with Gasteiger partial charge in [-0.05, 0) is 77.1 Å². The highest BCUT2D eigenvalue weighted by molar-refractivity contribution is 5.93. The number of nitrogens with one attached hydrogen (secondary N) is 1. The molecular weight excluding hydrogens is 388 g/mol. The Balaban J connectivity index is 1.17. The van der Waals surface area contributed by atoms with Crippen LogP contribution < -0.4 is 10.2 Å². The van der Waals surface area contributed by atoms with Gasteiger partial charge in [-0.15, -0.1) is 0 Å². The zero-order valence-corrected chi connectivity index (χ0v) is 17.0. The maximum atomic E-state index is 12.3. The van der Waals surface area contributed by atoms with E-state index in [1.807, 2.05) is 42.5 Å². The number of hydrogen-bond acceptors (Lipinski definition) is 4. The zero-order chi connectivity index (χ0) is 21.0. The van der Waals surface area contributed by atoms with E-state index in [1.165, 1.54) is 17.5 Å². The lowest BCUT2D eigenvalue weighted by molar-refractivity contribution is 0.0923. The van der Waals surface area contributed by atoms with Crippen molar-refractivity contribution in [2.24, 2.45) is 5.10 Å². The third-order valence-electron chi connectivity index (χ3n) is 5.49. The molecule has 0 atom stereocenters. The first kappa shape index (κ1) is 19.1. The number of amides is 1. The molecule has 0 saturated heterocycles. The summed E-state index contributed by atoms with van der Waals surface area (Å²) in [6.45, 7) is 0.270. The summed E-state index contributed by atoms with van der Waals surface area (Å²) in [4.78, 5) is 12.3. The molecule has 1 N–H and O–H groups in total. The number of benzene rings is 3. The van der Waals surface area contributed by atoms with Crippen molar-refractivity contribution in [1.29, 1.82) is 0 Å². The summed E-state index contributed by atoms with van der Waals surface area (Å²) in [5, 5.41) is 6.33. The molecule has 3 aromatic carbocycles. The van der Waals surface area contributed by atoms with Gasteiger partial charge in [0.15, 0.2) is 5.76 Å². The Bertz CT molecular complexity index is 1270. The van der Waals surface area contributed by atoms with Crippen LogP contribution in [-0.4, -0.2) is 12.1 Å². The summed E-state index contributed by atoms with van der Waals surface area (Å²) in [6.07, 6.45) is 5.08. The molecule has 0 radical (unpaired) electrons. The first-order valence-electron chi connectivity index (χ1n) is 10.4. The van der Waals surface area contributed by atoms with E-state index >= 15 is 0 Å². The Labute approximate surface area is 180 Å². The van der Waals surface area contributed by atoms with Crippen molar-refractivity contribution in [3.05, 3.63) is 101 Å². The van der Waals surface area contributed by atoms with Crippen LogP contribution in [0.4, 0.5) is 0 Å². The topological polar surface area (TPSA) is 63.8 Å². The third kappa shape index (κ3) is 4.36. The molecule has 5 nitrogen and oxygen atoms in total. The summed E-state index contributed by atoms with van der Waals surface area (Å²) in [6, 6.07) is 23.7. The van der Waals surface area contributed by atoms with E-state index in [0.29, 0.717) is 5.76 Å². The van der Waals surface area contributed by atoms with Gasteiger partial charge in [0.25, 0.3) is 0 Å². The molecule has 154 valence electrons. The van der Waals surface area contributed by atoms with Crippen LogP contribution in [0.5, 0.6) is 5.75 Å². The van der Waals surface area contributed by atoms with Crippen molar-refractivity contribution in [2.75, 3.05) is 0 Å². The number of ether oxygens (including phenoxy) is 1. The molecule has 0 bridgehead atoms. The first-order valence-corrected chi connectivity index (χ1v) is 10.4. The van der Waals surface area contributed by atoms with Crippen molar-refractivity contribution in [2.45, 2.75) is 25.9 Å². The lowest BCUT2D eigenvalue weighted by Crippen LogP contribution is -2.16. The van der Waals surface area contributed by atoms with Crippen molar-refractivity contribution in [3.8, 4) is 5.75 Å². The number of aryl methyl sites for hydroxylation is 2. The fraction of sp³-hybridized carbons (Fsp3) is 0.154. The summed E-state index contributed by atoms with van der Waals surface area (Å²) in [5.41, 5.74) is 6.18. The molecule has 1 aliphatic carbocycles. The van der Waals surface area contributed by atoms with E-state index in [1.54, 1.807) is 18.3 Å². The van der Waals surface area contributed by atoms with E-state index in [9.17, 15) is 4.79 Å². The number of fused-ring (bicyclic) bond motifs is 2. The molecule has 0 fully saturated rings. The van der Waals surface area contributed by atoms with Crippen LogP contribution in [0.3, 0.4) is 0 Å². The lowest BCUT2D eigenvalue weighted by atomic mass is 10.1. The van der Waals surface area contributed by atoms with Gasteiger partial charge in [0.1, 0.15) is 18.1 Å². The van der Waals surface area contributed by atoms with Crippen LogP contribution in [0.1, 0.15) is 39.4 Å². The van der Waals surface area contributed by atoms with Gasteiger partial charge in [0.05, 0.1) is 6.21 Å². The largest absolute Gasteiger partial charge is 0.486 e. The Morgan fingerprint density at radius 2 is 1.84 bits per heavy atom. The predicted octanol–water partition coefficient (Wildman–Crippen LogP) is 5.26. The van der Waals surface area contributed by atoms with Crippen LogP contribution in [0, 0.1) is 0 Å². The zero-order valence-electron chi connectivity index (χ0n) is 17.0. The number of carbonyl (C=O) groups is 1. The lowest BCUT2D eigenvalue weighted by Gasteiger charge is -2.06. The Kier molecular flexibility index (Phi) is 5.23. The molecule has 0 unspecified atom stereocenters. The van der Waals surface area contributed by atoms with Crippen LogP contribution in [0.2, 0.25) is 0 Å². The molecule has 1 aromatic heterocycles. The molecule has 31 heavy (non-hydrogen) atoms. The highest BCUT2D eigenvalue weighted by Gasteiger charge is 2.13. The summed E-state index contributed by atoms with van der Waals surface area (Å²) >= 11 is 0. The van der Waals surface area contributed by atoms with Crippen molar-refractivity contribution >= 4 is 22.9 Å². The number of furan rings is 1. The maximum absolute atomic E-state index is 12.3. The number of hydrogen-bond donors (Lipinski definition) is 1. The summed E-state index contributed by atoms with van der Waals surface area (Å²) in [5.74, 6) is 1.20. The molecular formula is C26H22N2O3. The minimum atomic E-state index is -0.402. The Hall–Kier alpha value is -3.86. The number of nitrogens with zero attached hydrogens (tertiary/aromatic N) is 1. The molecule has 0 aliphatic heterocycles. The molecule has 1 amide bonds. The van der Waals surface area contributed by atoms with Crippen molar-refractivity contribution in [3.63, 3.8) is 0 Å². The fourth-order valence-corrected chi connectivity index (χ4v) is 3.88. The van der Waals surface area contributed by atoms with E-state index in [-0.39, 0.29) is 12.4 Å². The second-order valence-corrected chi connectivity index (χ2v) is 7.64. The first-order chi connectivity index (χ1) is 15.2. The molecule has 5 rings (SSSR count). The molecule has 1 aliphatic rings. The fourth-order valence-electron chi connectivity index (χ4n) is 3.88. The van der Waals surface area contributed by atoms with Gasteiger partial charge in [-0.2, -0.15) is 5.10 Å². The summed E-state index contributed by atoms with van der Waals surface area (Å²) < 4.78 is 11.4. The van der Waals surface area contributed by atoms with Gasteiger partial charge >= 0.3 is 5.91 Å². The van der Waals surface area contributed by atoms with Crippen LogP contribution in [-0.2, 0) is 19.4 Å². The van der Waals surface area contributed by atoms with E-state index in [0.717, 1.165) is 34.9 Å². The van der Waals surface area contributed by atoms with Crippen LogP contribution in [0.15, 0.2) is 82.3 Å². The highest BCUT2D eigenvalue weighted by atomic mass is 16.5. The van der Waals surface area contributed by atoms with Gasteiger partial charge in [-0.1, -0.05) is 42.5 Å². The standard InChI is InChI=1S/C26H22N2O3/c29-26(28-27-16-18-8-9-19-4-1-2-5-21(19)14-18)25-13-12-24(31-25)17-30-23-11-10-20-6-3-7-22(20)15-23/h1-2,4-5,8-16H,3,6-7,17H2,(H,28,29). The van der Waals surface area contributed by atoms with E-state index in [4.69, 9.17) is 9.15 Å². The molecule has 0 spiro atoms. The van der Waals surface area contributed by atoms with Gasteiger partial charge in [-0.3, -0.25) is 4.79 Å². The molecule has 4 aromatic rings. The highest BCUT2D eigenvalue weighted by Crippen LogP contribution is 2.26. The number of carbonyl (C=O) groups excluding carboxylic acids is 1. The monoisotopic (exact) mass is 410 g/mol. The van der Waals surface area contributed by atoms with Gasteiger partial charge < -0.3 is 9.15 Å². The maximum Gasteiger partial charge on any atom is 0.307 e. The van der Waals surface area contributed by atoms with Gasteiger partial charge in [0, 0.05) is 0 Å². The van der Waals surface area contributed by atoms with Gasteiger partial charge in [-0.25, -0.2) is 5.43 Å². The van der Waals surface area contributed by atoms with Crippen molar-refractivity contribution < 1.29 is 13.9 Å². The Morgan fingerprint density at radius 1 is 0.968 bits per heavy atom. The summed E-state index contributed by atoms with van der Waals surface area (Å²) in [7, 11) is 0. The normalized spacial score (nSPS) is 12.9. The third-order valence-corrected chi connectivity index (χ3v) is 5.49. The average Bonchev–Trinajstić information content (AvgIpc) is 3.47. The molecule has 5 heteroatoms. The number of rotatable bonds is 6. The second kappa shape index (κ2) is 8.48. The Morgan fingerprint density at radius 3 is 2.77 bits per heavy atom. The predicted molar refractivity (Wildman–Crippen MR) is 121 cm³/mol. The minimum Gasteiger partial charge on any atom is -0.486 e. The average molecular weight is 410 g/mol. The molecule has 0 saturated carbocycles. The second-order valence-electron chi connectivity index (χ2n) is 7.64. The minimum absolute atomic E-state index is 0.197. The van der Waals surface area contributed by atoms with E-state index in [2.05, 4.69) is 28.7 Å².